The third kappa shape index (κ3) is 5.83. The summed E-state index contributed by atoms with van der Waals surface area (Å²) in [4.78, 5) is 12.3. The summed E-state index contributed by atoms with van der Waals surface area (Å²) in [5.74, 6) is 1.71. The van der Waals surface area contributed by atoms with E-state index in [1.807, 2.05) is 67.8 Å². The first kappa shape index (κ1) is 21.4. The number of benzene rings is 2. The van der Waals surface area contributed by atoms with Crippen LogP contribution in [-0.4, -0.2) is 26.4 Å². The molecule has 1 heterocycles. The maximum Gasteiger partial charge on any atom is 0.234 e. The lowest BCUT2D eigenvalue weighted by Gasteiger charge is -2.10. The van der Waals surface area contributed by atoms with Crippen molar-refractivity contribution < 1.29 is 9.53 Å². The molecule has 1 aromatic heterocycles. The SMILES string of the molecule is CCn1c(COc2cccc(C)c2)nnc1SCC(=O)Nc1ccc(Br)c(C)c1. The second kappa shape index (κ2) is 9.93. The van der Waals surface area contributed by atoms with Crippen LogP contribution in [0.1, 0.15) is 23.9 Å². The molecule has 0 aliphatic rings. The molecule has 152 valence electrons. The fraction of sp³-hybridized carbons (Fsp3) is 0.286. The van der Waals surface area contributed by atoms with Gasteiger partial charge in [0, 0.05) is 16.7 Å². The van der Waals surface area contributed by atoms with Crippen LogP contribution in [0.3, 0.4) is 0 Å². The molecule has 0 saturated heterocycles. The topological polar surface area (TPSA) is 69.0 Å². The minimum atomic E-state index is -0.0834. The van der Waals surface area contributed by atoms with Gasteiger partial charge in [0.25, 0.3) is 0 Å². The minimum Gasteiger partial charge on any atom is -0.486 e. The number of rotatable bonds is 8. The van der Waals surface area contributed by atoms with Crippen LogP contribution < -0.4 is 10.1 Å². The van der Waals surface area contributed by atoms with Crippen molar-refractivity contribution in [1.29, 1.82) is 0 Å². The van der Waals surface area contributed by atoms with Gasteiger partial charge in [-0.3, -0.25) is 4.79 Å². The van der Waals surface area contributed by atoms with Crippen LogP contribution in [0.25, 0.3) is 0 Å². The highest BCUT2D eigenvalue weighted by atomic mass is 79.9. The Bertz CT molecular complexity index is 1010. The fourth-order valence-corrected chi connectivity index (χ4v) is 3.82. The number of hydrogen-bond donors (Lipinski definition) is 1. The number of aryl methyl sites for hydroxylation is 2. The maximum absolute atomic E-state index is 12.3. The van der Waals surface area contributed by atoms with Crippen molar-refractivity contribution in [2.75, 3.05) is 11.1 Å². The van der Waals surface area contributed by atoms with Crippen LogP contribution in [0.4, 0.5) is 5.69 Å². The van der Waals surface area contributed by atoms with E-state index >= 15 is 0 Å². The van der Waals surface area contributed by atoms with Crippen LogP contribution in [0.5, 0.6) is 5.75 Å². The lowest BCUT2D eigenvalue weighted by atomic mass is 10.2. The number of hydrogen-bond acceptors (Lipinski definition) is 5. The second-order valence-electron chi connectivity index (χ2n) is 6.55. The highest BCUT2D eigenvalue weighted by molar-refractivity contribution is 9.10. The number of thioether (sulfide) groups is 1. The molecule has 6 nitrogen and oxygen atoms in total. The Morgan fingerprint density at radius 1 is 1.21 bits per heavy atom. The molecule has 8 heteroatoms. The molecule has 0 unspecified atom stereocenters. The molecule has 0 fully saturated rings. The lowest BCUT2D eigenvalue weighted by Crippen LogP contribution is -2.15. The molecule has 1 amide bonds. The van der Waals surface area contributed by atoms with Crippen LogP contribution >= 0.6 is 27.7 Å². The van der Waals surface area contributed by atoms with Gasteiger partial charge in [-0.2, -0.15) is 0 Å². The normalized spacial score (nSPS) is 10.8. The van der Waals surface area contributed by atoms with Crippen LogP contribution in [-0.2, 0) is 17.9 Å². The van der Waals surface area contributed by atoms with Gasteiger partial charge >= 0.3 is 0 Å². The average molecular weight is 475 g/mol. The van der Waals surface area contributed by atoms with Gasteiger partial charge in [-0.25, -0.2) is 0 Å². The predicted molar refractivity (Wildman–Crippen MR) is 119 cm³/mol. The van der Waals surface area contributed by atoms with E-state index in [-0.39, 0.29) is 11.7 Å². The number of aromatic nitrogens is 3. The summed E-state index contributed by atoms with van der Waals surface area (Å²) in [6, 6.07) is 13.6. The molecule has 3 rings (SSSR count). The van der Waals surface area contributed by atoms with E-state index in [4.69, 9.17) is 4.74 Å². The van der Waals surface area contributed by atoms with E-state index in [2.05, 4.69) is 31.4 Å². The first-order valence-electron chi connectivity index (χ1n) is 9.26. The molecular formula is C21H23BrN4O2S. The standard InChI is InChI=1S/C21H23BrN4O2S/c1-4-26-19(12-28-17-7-5-6-14(2)10-17)24-25-21(26)29-13-20(27)23-16-8-9-18(22)15(3)11-16/h5-11H,4,12-13H2,1-3H3,(H,23,27). The molecule has 1 N–H and O–H groups in total. The lowest BCUT2D eigenvalue weighted by molar-refractivity contribution is -0.113. The van der Waals surface area contributed by atoms with Gasteiger partial charge in [-0.1, -0.05) is 39.8 Å². The summed E-state index contributed by atoms with van der Waals surface area (Å²) in [6.07, 6.45) is 0. The third-order valence-electron chi connectivity index (χ3n) is 4.24. The summed E-state index contributed by atoms with van der Waals surface area (Å²) in [5, 5.41) is 12.1. The number of anilines is 1. The predicted octanol–water partition coefficient (Wildman–Crippen LogP) is 4.99. The van der Waals surface area contributed by atoms with Crippen LogP contribution in [0.2, 0.25) is 0 Å². The smallest absolute Gasteiger partial charge is 0.234 e. The highest BCUT2D eigenvalue weighted by Crippen LogP contribution is 2.22. The van der Waals surface area contributed by atoms with E-state index < -0.39 is 0 Å². The Hall–Kier alpha value is -2.32. The van der Waals surface area contributed by atoms with E-state index in [1.54, 1.807) is 0 Å². The number of nitrogens with zero attached hydrogens (tertiary/aromatic N) is 3. The first-order valence-corrected chi connectivity index (χ1v) is 11.0. The first-order chi connectivity index (χ1) is 14.0. The molecule has 0 aliphatic carbocycles. The summed E-state index contributed by atoms with van der Waals surface area (Å²) >= 11 is 4.82. The van der Waals surface area contributed by atoms with Gasteiger partial charge < -0.3 is 14.6 Å². The number of halogens is 1. The van der Waals surface area contributed by atoms with Gasteiger partial charge in [0.05, 0.1) is 5.75 Å². The molecule has 0 radical (unpaired) electrons. The molecule has 29 heavy (non-hydrogen) atoms. The van der Waals surface area contributed by atoms with Crippen molar-refractivity contribution in [1.82, 2.24) is 14.8 Å². The van der Waals surface area contributed by atoms with Crippen molar-refractivity contribution in [2.45, 2.75) is 39.1 Å². The Morgan fingerprint density at radius 2 is 2.03 bits per heavy atom. The van der Waals surface area contributed by atoms with Crippen LogP contribution in [0.15, 0.2) is 52.1 Å². The Morgan fingerprint density at radius 3 is 2.76 bits per heavy atom. The monoisotopic (exact) mass is 474 g/mol. The summed E-state index contributed by atoms with van der Waals surface area (Å²) in [7, 11) is 0. The van der Waals surface area contributed by atoms with E-state index in [0.717, 1.165) is 32.9 Å². The number of amides is 1. The molecule has 0 saturated carbocycles. The number of carbonyl (C=O) groups excluding carboxylic acids is 1. The highest BCUT2D eigenvalue weighted by Gasteiger charge is 2.14. The largest absolute Gasteiger partial charge is 0.486 e. The zero-order chi connectivity index (χ0) is 20.8. The summed E-state index contributed by atoms with van der Waals surface area (Å²) in [5.41, 5.74) is 2.99. The molecule has 2 aromatic carbocycles. The fourth-order valence-electron chi connectivity index (χ4n) is 2.75. The summed E-state index contributed by atoms with van der Waals surface area (Å²) < 4.78 is 8.82. The van der Waals surface area contributed by atoms with E-state index in [0.29, 0.717) is 18.3 Å². The van der Waals surface area contributed by atoms with Gasteiger partial charge in [0.1, 0.15) is 12.4 Å². The second-order valence-corrected chi connectivity index (χ2v) is 8.35. The number of ether oxygens (including phenoxy) is 1. The van der Waals surface area contributed by atoms with Crippen molar-refractivity contribution >= 4 is 39.3 Å². The molecule has 0 atom stereocenters. The molecule has 0 spiro atoms. The van der Waals surface area contributed by atoms with Crippen molar-refractivity contribution in [2.24, 2.45) is 0 Å². The Balaban J connectivity index is 1.58. The Kier molecular flexibility index (Phi) is 7.33. The summed E-state index contributed by atoms with van der Waals surface area (Å²) in [6.45, 7) is 7.06. The van der Waals surface area contributed by atoms with Crippen molar-refractivity contribution in [3.05, 3.63) is 63.9 Å². The third-order valence-corrected chi connectivity index (χ3v) is 6.10. The maximum atomic E-state index is 12.3. The van der Waals surface area contributed by atoms with Crippen molar-refractivity contribution in [3.63, 3.8) is 0 Å². The minimum absolute atomic E-state index is 0.0834. The number of nitrogens with one attached hydrogen (secondary N) is 1. The molecule has 0 aliphatic heterocycles. The van der Waals surface area contributed by atoms with Crippen molar-refractivity contribution in [3.8, 4) is 5.75 Å². The Labute approximate surface area is 183 Å². The average Bonchev–Trinajstić information content (AvgIpc) is 3.09. The molecule has 3 aromatic rings. The van der Waals surface area contributed by atoms with Gasteiger partial charge in [-0.15, -0.1) is 10.2 Å². The van der Waals surface area contributed by atoms with E-state index in [9.17, 15) is 4.79 Å². The quantitative estimate of drug-likeness (QED) is 0.465. The number of carbonyl (C=O) groups is 1. The molecule has 0 bridgehead atoms. The van der Waals surface area contributed by atoms with Gasteiger partial charge in [-0.05, 0) is 62.2 Å². The zero-order valence-electron chi connectivity index (χ0n) is 16.6. The van der Waals surface area contributed by atoms with Gasteiger partial charge in [0.2, 0.25) is 5.91 Å². The van der Waals surface area contributed by atoms with Crippen LogP contribution in [0, 0.1) is 13.8 Å². The van der Waals surface area contributed by atoms with Gasteiger partial charge in [0.15, 0.2) is 11.0 Å². The zero-order valence-corrected chi connectivity index (χ0v) is 19.0. The van der Waals surface area contributed by atoms with E-state index in [1.165, 1.54) is 11.8 Å². The molecular weight excluding hydrogens is 452 g/mol.